The van der Waals surface area contributed by atoms with Crippen molar-refractivity contribution in [2.75, 3.05) is 51.5 Å². The second-order valence-electron chi connectivity index (χ2n) is 6.15. The fraction of sp³-hybridized carbons (Fsp3) is 0.350. The number of para-hydroxylation sites is 2. The molecule has 6 nitrogen and oxygen atoms in total. The van der Waals surface area contributed by atoms with E-state index in [1.165, 1.54) is 0 Å². The Kier molecular flexibility index (Phi) is 7.76. The van der Waals surface area contributed by atoms with Gasteiger partial charge in [-0.15, -0.1) is 0 Å². The molecule has 0 fully saturated rings. The number of anilines is 2. The van der Waals surface area contributed by atoms with Gasteiger partial charge in [0.05, 0.1) is 7.11 Å². The van der Waals surface area contributed by atoms with Crippen molar-refractivity contribution in [3.63, 3.8) is 0 Å². The van der Waals surface area contributed by atoms with Crippen LogP contribution in [0, 0.1) is 0 Å². The van der Waals surface area contributed by atoms with Crippen LogP contribution in [0.2, 0.25) is 0 Å². The first kappa shape index (κ1) is 19.6. The second-order valence-corrected chi connectivity index (χ2v) is 6.15. The molecule has 0 aromatic heterocycles. The number of nitrogens with one attached hydrogen (secondary N) is 2. The molecule has 2 rings (SSSR count). The van der Waals surface area contributed by atoms with E-state index in [1.807, 2.05) is 36.4 Å². The quantitative estimate of drug-likeness (QED) is 0.640. The van der Waals surface area contributed by atoms with Crippen molar-refractivity contribution >= 4 is 17.3 Å². The fourth-order valence-electron chi connectivity index (χ4n) is 2.38. The topological polar surface area (TPSA) is 62.8 Å². The predicted octanol–water partition coefficient (Wildman–Crippen LogP) is 3.08. The van der Waals surface area contributed by atoms with Crippen molar-refractivity contribution in [1.29, 1.82) is 0 Å². The monoisotopic (exact) mass is 357 g/mol. The molecule has 2 aromatic carbocycles. The smallest absolute Gasteiger partial charge is 0.262 e. The summed E-state index contributed by atoms with van der Waals surface area (Å²) < 4.78 is 10.7. The van der Waals surface area contributed by atoms with Crippen molar-refractivity contribution in [2.24, 2.45) is 0 Å². The van der Waals surface area contributed by atoms with E-state index in [-0.39, 0.29) is 12.5 Å². The van der Waals surface area contributed by atoms with Gasteiger partial charge in [0, 0.05) is 17.9 Å². The molecular weight excluding hydrogens is 330 g/mol. The van der Waals surface area contributed by atoms with Crippen molar-refractivity contribution in [1.82, 2.24) is 4.90 Å². The van der Waals surface area contributed by atoms with Gasteiger partial charge in [-0.3, -0.25) is 4.79 Å². The summed E-state index contributed by atoms with van der Waals surface area (Å²) in [5, 5.41) is 6.18. The van der Waals surface area contributed by atoms with E-state index < -0.39 is 0 Å². The summed E-state index contributed by atoms with van der Waals surface area (Å²) in [4.78, 5) is 14.2. The van der Waals surface area contributed by atoms with Gasteiger partial charge in [0.2, 0.25) is 0 Å². The summed E-state index contributed by atoms with van der Waals surface area (Å²) >= 11 is 0. The van der Waals surface area contributed by atoms with E-state index in [4.69, 9.17) is 9.47 Å². The molecule has 0 unspecified atom stereocenters. The van der Waals surface area contributed by atoms with Crippen LogP contribution in [-0.2, 0) is 4.79 Å². The Labute approximate surface area is 155 Å². The highest BCUT2D eigenvalue weighted by atomic mass is 16.5. The lowest BCUT2D eigenvalue weighted by Crippen LogP contribution is -2.20. The largest absolute Gasteiger partial charge is 0.493 e. The van der Waals surface area contributed by atoms with Crippen LogP contribution in [0.3, 0.4) is 0 Å². The molecule has 0 heterocycles. The number of methoxy groups -OCH3 is 1. The predicted molar refractivity (Wildman–Crippen MR) is 105 cm³/mol. The fourth-order valence-corrected chi connectivity index (χ4v) is 2.38. The Hall–Kier alpha value is -2.73. The van der Waals surface area contributed by atoms with Crippen LogP contribution < -0.4 is 20.1 Å². The molecular formula is C20H27N3O3. The number of benzene rings is 2. The van der Waals surface area contributed by atoms with E-state index >= 15 is 0 Å². The minimum atomic E-state index is -0.220. The lowest BCUT2D eigenvalue weighted by molar-refractivity contribution is -0.118. The highest BCUT2D eigenvalue weighted by molar-refractivity contribution is 5.92. The van der Waals surface area contributed by atoms with E-state index in [2.05, 4.69) is 29.6 Å². The number of rotatable bonds is 10. The number of amides is 1. The summed E-state index contributed by atoms with van der Waals surface area (Å²) in [6.45, 7) is 1.88. The van der Waals surface area contributed by atoms with Crippen molar-refractivity contribution in [3.05, 3.63) is 48.5 Å². The Morgan fingerprint density at radius 3 is 2.31 bits per heavy atom. The molecule has 140 valence electrons. The summed E-state index contributed by atoms with van der Waals surface area (Å²) in [5.41, 5.74) is 1.77. The van der Waals surface area contributed by atoms with Crippen LogP contribution in [0.4, 0.5) is 11.4 Å². The molecule has 2 N–H and O–H groups in total. The number of nitrogens with zero attached hydrogens (tertiary/aromatic N) is 1. The minimum absolute atomic E-state index is 0.0785. The molecule has 0 spiro atoms. The van der Waals surface area contributed by atoms with Gasteiger partial charge < -0.3 is 25.0 Å². The molecule has 0 aliphatic carbocycles. The van der Waals surface area contributed by atoms with Crippen LogP contribution in [0.1, 0.15) is 6.42 Å². The summed E-state index contributed by atoms with van der Waals surface area (Å²) in [6.07, 6.45) is 1.08. The van der Waals surface area contributed by atoms with Crippen LogP contribution in [0.5, 0.6) is 11.5 Å². The third kappa shape index (κ3) is 6.64. The first-order chi connectivity index (χ1) is 12.6. The molecule has 2 aromatic rings. The number of carbonyl (C=O) groups excluding carboxylic acids is 1. The second kappa shape index (κ2) is 10.3. The molecule has 0 atom stereocenters. The number of hydrogen-bond acceptors (Lipinski definition) is 5. The normalized spacial score (nSPS) is 10.5. The lowest BCUT2D eigenvalue weighted by atomic mass is 10.2. The summed E-state index contributed by atoms with van der Waals surface area (Å²) in [6, 6.07) is 14.9. The highest BCUT2D eigenvalue weighted by Crippen LogP contribution is 2.25. The summed E-state index contributed by atoms with van der Waals surface area (Å²) in [5.74, 6) is 0.926. The van der Waals surface area contributed by atoms with Crippen LogP contribution in [0.25, 0.3) is 0 Å². The van der Waals surface area contributed by atoms with E-state index in [0.717, 1.165) is 30.9 Å². The van der Waals surface area contributed by atoms with Gasteiger partial charge in [-0.25, -0.2) is 0 Å². The average molecular weight is 357 g/mol. The standard InChI is InChI=1S/C20H27N3O3/c1-23(2)14-6-13-21-16-9-11-17(12-10-16)22-20(24)15-26-19-8-5-4-7-18(19)25-3/h4-5,7-12,21H,6,13-15H2,1-3H3,(H,22,24). The Bertz CT molecular complexity index is 687. The zero-order chi connectivity index (χ0) is 18.8. The van der Waals surface area contributed by atoms with Crippen molar-refractivity contribution < 1.29 is 14.3 Å². The molecule has 0 radical (unpaired) electrons. The van der Waals surface area contributed by atoms with Gasteiger partial charge in [-0.05, 0) is 63.5 Å². The molecule has 1 amide bonds. The highest BCUT2D eigenvalue weighted by Gasteiger charge is 2.07. The van der Waals surface area contributed by atoms with Gasteiger partial charge >= 0.3 is 0 Å². The molecule has 0 bridgehead atoms. The minimum Gasteiger partial charge on any atom is -0.493 e. The molecule has 26 heavy (non-hydrogen) atoms. The lowest BCUT2D eigenvalue weighted by Gasteiger charge is -2.12. The summed E-state index contributed by atoms with van der Waals surface area (Å²) in [7, 11) is 5.70. The van der Waals surface area contributed by atoms with Gasteiger partial charge in [0.1, 0.15) is 0 Å². The van der Waals surface area contributed by atoms with Crippen LogP contribution in [0.15, 0.2) is 48.5 Å². The zero-order valence-corrected chi connectivity index (χ0v) is 15.6. The van der Waals surface area contributed by atoms with Crippen molar-refractivity contribution in [2.45, 2.75) is 6.42 Å². The van der Waals surface area contributed by atoms with E-state index in [1.54, 1.807) is 19.2 Å². The maximum absolute atomic E-state index is 12.0. The van der Waals surface area contributed by atoms with Gasteiger partial charge in [-0.2, -0.15) is 0 Å². The Morgan fingerprint density at radius 1 is 1.00 bits per heavy atom. The van der Waals surface area contributed by atoms with Gasteiger partial charge in [-0.1, -0.05) is 12.1 Å². The SMILES string of the molecule is COc1ccccc1OCC(=O)Nc1ccc(NCCCN(C)C)cc1. The molecule has 0 aliphatic heterocycles. The van der Waals surface area contributed by atoms with Gasteiger partial charge in [0.15, 0.2) is 18.1 Å². The third-order valence-corrected chi connectivity index (χ3v) is 3.71. The van der Waals surface area contributed by atoms with Crippen molar-refractivity contribution in [3.8, 4) is 11.5 Å². The maximum atomic E-state index is 12.0. The Balaban J connectivity index is 1.76. The zero-order valence-electron chi connectivity index (χ0n) is 15.6. The van der Waals surface area contributed by atoms with E-state index in [9.17, 15) is 4.79 Å². The number of carbonyl (C=O) groups is 1. The first-order valence-electron chi connectivity index (χ1n) is 8.63. The first-order valence-corrected chi connectivity index (χ1v) is 8.63. The Morgan fingerprint density at radius 2 is 1.65 bits per heavy atom. The molecule has 0 saturated heterocycles. The average Bonchev–Trinajstić information content (AvgIpc) is 2.65. The number of hydrogen-bond donors (Lipinski definition) is 2. The molecule has 6 heteroatoms. The van der Waals surface area contributed by atoms with E-state index in [0.29, 0.717) is 11.5 Å². The number of ether oxygens (including phenoxy) is 2. The van der Waals surface area contributed by atoms with Crippen LogP contribution >= 0.6 is 0 Å². The van der Waals surface area contributed by atoms with Crippen LogP contribution in [-0.4, -0.2) is 51.7 Å². The third-order valence-electron chi connectivity index (χ3n) is 3.71. The van der Waals surface area contributed by atoms with Gasteiger partial charge in [0.25, 0.3) is 5.91 Å². The maximum Gasteiger partial charge on any atom is 0.262 e. The molecule has 0 aliphatic rings. The molecule has 0 saturated carbocycles.